The van der Waals surface area contributed by atoms with Gasteiger partial charge >= 0.3 is 6.01 Å². The molecule has 0 unspecified atom stereocenters. The van der Waals surface area contributed by atoms with Crippen molar-refractivity contribution in [2.45, 2.75) is 52.1 Å². The van der Waals surface area contributed by atoms with Crippen LogP contribution in [0, 0.1) is 19.7 Å². The zero-order valence-corrected chi connectivity index (χ0v) is 17.8. The molecule has 0 bridgehead atoms. The molecule has 31 heavy (non-hydrogen) atoms. The Morgan fingerprint density at radius 3 is 2.48 bits per heavy atom. The van der Waals surface area contributed by atoms with Gasteiger partial charge in [-0.2, -0.15) is 0 Å². The van der Waals surface area contributed by atoms with Gasteiger partial charge in [0.1, 0.15) is 17.7 Å². The third-order valence-corrected chi connectivity index (χ3v) is 6.19. The predicted octanol–water partition coefficient (Wildman–Crippen LogP) is 6.15. The van der Waals surface area contributed by atoms with E-state index in [2.05, 4.69) is 19.9 Å². The summed E-state index contributed by atoms with van der Waals surface area (Å²) in [4.78, 5) is 16.5. The molecule has 2 heterocycles. The van der Waals surface area contributed by atoms with Crippen LogP contribution >= 0.6 is 0 Å². The molecule has 2 aromatic heterocycles. The fourth-order valence-electron chi connectivity index (χ4n) is 4.19. The molecule has 0 aliphatic heterocycles. The van der Waals surface area contributed by atoms with E-state index in [0.29, 0.717) is 23.0 Å². The van der Waals surface area contributed by atoms with E-state index >= 15 is 0 Å². The van der Waals surface area contributed by atoms with Crippen LogP contribution in [0.4, 0.5) is 4.39 Å². The molecule has 1 aliphatic rings. The first kappa shape index (κ1) is 19.7. The molecule has 2 aromatic carbocycles. The number of aromatic amines is 1. The Balaban J connectivity index is 1.38. The number of ether oxygens (including phenoxy) is 1. The van der Waals surface area contributed by atoms with Crippen LogP contribution in [0.2, 0.25) is 0 Å². The molecule has 4 aromatic rings. The highest BCUT2D eigenvalue weighted by molar-refractivity contribution is 5.83. The molecule has 0 amide bonds. The Labute approximate surface area is 180 Å². The van der Waals surface area contributed by atoms with E-state index in [0.717, 1.165) is 40.6 Å². The number of nitrogens with zero attached hydrogens (tertiary/aromatic N) is 3. The van der Waals surface area contributed by atoms with Crippen LogP contribution in [0.1, 0.15) is 43.2 Å². The first-order chi connectivity index (χ1) is 15.1. The largest absolute Gasteiger partial charge is 0.460 e. The highest BCUT2D eigenvalue weighted by Crippen LogP contribution is 2.29. The Morgan fingerprint density at radius 1 is 0.968 bits per heavy atom. The van der Waals surface area contributed by atoms with Crippen LogP contribution in [0.15, 0.2) is 42.7 Å². The number of imidazole rings is 1. The Hall–Kier alpha value is -3.28. The number of fused-ring (bicyclic) bond motifs is 1. The van der Waals surface area contributed by atoms with Crippen molar-refractivity contribution in [3.05, 3.63) is 59.7 Å². The van der Waals surface area contributed by atoms with Gasteiger partial charge in [0, 0.05) is 18.0 Å². The van der Waals surface area contributed by atoms with Gasteiger partial charge in [-0.15, -0.1) is 0 Å². The number of benzene rings is 2. The van der Waals surface area contributed by atoms with Gasteiger partial charge in [0.2, 0.25) is 0 Å². The first-order valence-corrected chi connectivity index (χ1v) is 10.8. The van der Waals surface area contributed by atoms with E-state index in [1.165, 1.54) is 25.3 Å². The van der Waals surface area contributed by atoms with Crippen molar-refractivity contribution in [3.63, 3.8) is 0 Å². The molecule has 5 nitrogen and oxygen atoms in total. The van der Waals surface area contributed by atoms with Gasteiger partial charge in [0.25, 0.3) is 0 Å². The molecule has 0 atom stereocenters. The second-order valence-corrected chi connectivity index (χ2v) is 8.32. The van der Waals surface area contributed by atoms with Gasteiger partial charge < -0.3 is 9.72 Å². The Kier molecular flexibility index (Phi) is 5.14. The lowest BCUT2D eigenvalue weighted by atomic mass is 9.98. The number of hydrogen-bond donors (Lipinski definition) is 1. The minimum Gasteiger partial charge on any atom is -0.460 e. The zero-order chi connectivity index (χ0) is 21.4. The van der Waals surface area contributed by atoms with E-state index in [-0.39, 0.29) is 11.9 Å². The maximum absolute atomic E-state index is 15.0. The van der Waals surface area contributed by atoms with Crippen LogP contribution in [0.3, 0.4) is 0 Å². The highest BCUT2D eigenvalue weighted by Gasteiger charge is 2.17. The third-order valence-electron chi connectivity index (χ3n) is 6.19. The molecule has 0 radical (unpaired) electrons. The lowest BCUT2D eigenvalue weighted by Crippen LogP contribution is -2.20. The SMILES string of the molecule is Cc1ccc2[nH]c(-c3ccc(-c4cnc(OC5CCCCC5)nc4)cc3F)nc2c1C. The molecular weight excluding hydrogens is 391 g/mol. The standard InChI is InChI=1S/C25H25FN4O/c1-15-8-11-22-23(16(15)2)30-24(29-22)20-10-9-17(12-21(20)26)18-13-27-25(28-14-18)31-19-6-4-3-5-7-19/h8-14,19H,3-7H2,1-2H3,(H,29,30). The van der Waals surface area contributed by atoms with Gasteiger partial charge in [-0.1, -0.05) is 18.6 Å². The van der Waals surface area contributed by atoms with E-state index in [4.69, 9.17) is 4.74 Å². The molecule has 158 valence electrons. The summed E-state index contributed by atoms with van der Waals surface area (Å²) in [5.41, 5.74) is 5.95. The summed E-state index contributed by atoms with van der Waals surface area (Å²) in [6.07, 6.45) is 9.34. The quantitative estimate of drug-likeness (QED) is 0.433. The summed E-state index contributed by atoms with van der Waals surface area (Å²) < 4.78 is 20.9. The van der Waals surface area contributed by atoms with Crippen molar-refractivity contribution in [2.24, 2.45) is 0 Å². The van der Waals surface area contributed by atoms with E-state index < -0.39 is 0 Å². The van der Waals surface area contributed by atoms with Crippen molar-refractivity contribution in [2.75, 3.05) is 0 Å². The zero-order valence-electron chi connectivity index (χ0n) is 17.8. The smallest absolute Gasteiger partial charge is 0.316 e. The number of hydrogen-bond acceptors (Lipinski definition) is 4. The minimum atomic E-state index is -0.339. The van der Waals surface area contributed by atoms with Gasteiger partial charge in [0.15, 0.2) is 0 Å². The van der Waals surface area contributed by atoms with Crippen LogP contribution in [0.5, 0.6) is 6.01 Å². The summed E-state index contributed by atoms with van der Waals surface area (Å²) in [6, 6.07) is 9.53. The molecule has 5 rings (SSSR count). The highest BCUT2D eigenvalue weighted by atomic mass is 19.1. The molecule has 1 saturated carbocycles. The topological polar surface area (TPSA) is 63.7 Å². The summed E-state index contributed by atoms with van der Waals surface area (Å²) in [6.45, 7) is 4.08. The molecule has 0 spiro atoms. The molecule has 1 fully saturated rings. The van der Waals surface area contributed by atoms with Crippen LogP contribution in [-0.4, -0.2) is 26.0 Å². The summed E-state index contributed by atoms with van der Waals surface area (Å²) >= 11 is 0. The predicted molar refractivity (Wildman–Crippen MR) is 119 cm³/mol. The van der Waals surface area contributed by atoms with Gasteiger partial charge in [0.05, 0.1) is 16.6 Å². The molecule has 6 heteroatoms. The van der Waals surface area contributed by atoms with E-state index in [1.807, 2.05) is 32.0 Å². The van der Waals surface area contributed by atoms with E-state index in [9.17, 15) is 4.39 Å². The Bertz CT molecular complexity index is 1230. The third kappa shape index (κ3) is 3.90. The van der Waals surface area contributed by atoms with E-state index in [1.54, 1.807) is 18.5 Å². The molecule has 1 aliphatic carbocycles. The molecule has 0 saturated heterocycles. The number of aromatic nitrogens is 4. The fourth-order valence-corrected chi connectivity index (χ4v) is 4.19. The number of H-pyrrole nitrogens is 1. The van der Waals surface area contributed by atoms with Crippen LogP contribution in [-0.2, 0) is 0 Å². The van der Waals surface area contributed by atoms with Gasteiger partial charge in [-0.3, -0.25) is 0 Å². The minimum absolute atomic E-state index is 0.201. The normalized spacial score (nSPS) is 14.8. The number of rotatable bonds is 4. The molecular formula is C25H25FN4O. The van der Waals surface area contributed by atoms with Crippen molar-refractivity contribution >= 4 is 11.0 Å². The average molecular weight is 417 g/mol. The van der Waals surface area contributed by atoms with Crippen molar-refractivity contribution in [3.8, 4) is 28.5 Å². The lowest BCUT2D eigenvalue weighted by molar-refractivity contribution is 0.142. The van der Waals surface area contributed by atoms with Crippen LogP contribution < -0.4 is 4.74 Å². The van der Waals surface area contributed by atoms with Gasteiger partial charge in [-0.25, -0.2) is 19.3 Å². The number of halogens is 1. The Morgan fingerprint density at radius 2 is 1.74 bits per heavy atom. The van der Waals surface area contributed by atoms with Crippen molar-refractivity contribution in [1.29, 1.82) is 0 Å². The van der Waals surface area contributed by atoms with Crippen molar-refractivity contribution in [1.82, 2.24) is 19.9 Å². The van der Waals surface area contributed by atoms with Crippen molar-refractivity contribution < 1.29 is 9.13 Å². The fraction of sp³-hybridized carbons (Fsp3) is 0.320. The second-order valence-electron chi connectivity index (χ2n) is 8.32. The summed E-state index contributed by atoms with van der Waals surface area (Å²) in [5, 5.41) is 0. The van der Waals surface area contributed by atoms with Gasteiger partial charge in [-0.05, 0) is 74.4 Å². The number of nitrogens with one attached hydrogen (secondary N) is 1. The average Bonchev–Trinajstić information content (AvgIpc) is 3.22. The number of aryl methyl sites for hydroxylation is 2. The summed E-state index contributed by atoms with van der Waals surface area (Å²) in [7, 11) is 0. The maximum atomic E-state index is 15.0. The molecule has 1 N–H and O–H groups in total. The van der Waals surface area contributed by atoms with Crippen LogP contribution in [0.25, 0.3) is 33.5 Å². The summed E-state index contributed by atoms with van der Waals surface area (Å²) in [5.74, 6) is 0.189. The maximum Gasteiger partial charge on any atom is 0.316 e. The second kappa shape index (κ2) is 8.10. The first-order valence-electron chi connectivity index (χ1n) is 10.8. The monoisotopic (exact) mass is 416 g/mol. The lowest BCUT2D eigenvalue weighted by Gasteiger charge is -2.21.